The predicted molar refractivity (Wildman–Crippen MR) is 110 cm³/mol. The maximum atomic E-state index is 9.74. The van der Waals surface area contributed by atoms with Gasteiger partial charge in [0.1, 0.15) is 6.07 Å². The molecule has 0 aliphatic rings. The lowest BCUT2D eigenvalue weighted by Crippen LogP contribution is -2.08. The zero-order chi connectivity index (χ0) is 18.1. The van der Waals surface area contributed by atoms with Gasteiger partial charge in [-0.2, -0.15) is 5.26 Å². The standard InChI is InChI=1S/C24H20N2/c1-26(2)18-13-11-17(12-14-18)15-23-19-7-3-5-9-21(19)24(16-25)22-10-6-4-8-20(22)23/h3-14H,15H2,1-2H3. The largest absolute Gasteiger partial charge is 0.378 e. The third-order valence-corrected chi connectivity index (χ3v) is 4.99. The van der Waals surface area contributed by atoms with Crippen molar-refractivity contribution in [2.75, 3.05) is 19.0 Å². The van der Waals surface area contributed by atoms with E-state index >= 15 is 0 Å². The van der Waals surface area contributed by atoms with Crippen molar-refractivity contribution >= 4 is 27.2 Å². The van der Waals surface area contributed by atoms with Crippen LogP contribution in [0.1, 0.15) is 16.7 Å². The van der Waals surface area contributed by atoms with E-state index in [2.05, 4.69) is 85.7 Å². The second-order valence-electron chi connectivity index (χ2n) is 6.79. The molecule has 4 rings (SSSR count). The van der Waals surface area contributed by atoms with Gasteiger partial charge in [-0.1, -0.05) is 60.7 Å². The van der Waals surface area contributed by atoms with Crippen molar-refractivity contribution < 1.29 is 0 Å². The Balaban J connectivity index is 1.94. The molecule has 26 heavy (non-hydrogen) atoms. The normalized spacial score (nSPS) is 10.8. The van der Waals surface area contributed by atoms with E-state index in [9.17, 15) is 5.26 Å². The highest BCUT2D eigenvalue weighted by molar-refractivity contribution is 6.07. The van der Waals surface area contributed by atoms with Crippen LogP contribution in [0.4, 0.5) is 5.69 Å². The van der Waals surface area contributed by atoms with Gasteiger partial charge in [-0.3, -0.25) is 0 Å². The molecule has 0 N–H and O–H groups in total. The summed E-state index contributed by atoms with van der Waals surface area (Å²) in [6.45, 7) is 0. The average Bonchev–Trinajstić information content (AvgIpc) is 2.68. The van der Waals surface area contributed by atoms with Gasteiger partial charge in [-0.25, -0.2) is 0 Å². The molecule has 0 unspecified atom stereocenters. The van der Waals surface area contributed by atoms with Crippen LogP contribution in [-0.4, -0.2) is 14.1 Å². The van der Waals surface area contributed by atoms with Gasteiger partial charge in [0.25, 0.3) is 0 Å². The first kappa shape index (κ1) is 16.2. The molecule has 2 nitrogen and oxygen atoms in total. The minimum atomic E-state index is 0.767. The Morgan fingerprint density at radius 2 is 1.23 bits per heavy atom. The lowest BCUT2D eigenvalue weighted by molar-refractivity contribution is 1.12. The van der Waals surface area contributed by atoms with E-state index in [0.717, 1.165) is 22.8 Å². The Morgan fingerprint density at radius 3 is 1.69 bits per heavy atom. The third kappa shape index (κ3) is 2.68. The predicted octanol–water partition coefficient (Wildman–Crippen LogP) is 5.52. The van der Waals surface area contributed by atoms with E-state index in [-0.39, 0.29) is 0 Å². The molecule has 0 amide bonds. The lowest BCUT2D eigenvalue weighted by atomic mass is 9.89. The van der Waals surface area contributed by atoms with Crippen LogP contribution in [0.25, 0.3) is 21.5 Å². The molecule has 0 aliphatic carbocycles. The number of anilines is 1. The van der Waals surface area contributed by atoms with Crippen molar-refractivity contribution in [1.82, 2.24) is 0 Å². The van der Waals surface area contributed by atoms with Crippen molar-refractivity contribution in [1.29, 1.82) is 5.26 Å². The summed E-state index contributed by atoms with van der Waals surface area (Å²) in [5.74, 6) is 0. The fourth-order valence-corrected chi connectivity index (χ4v) is 3.65. The first-order chi connectivity index (χ1) is 12.7. The topological polar surface area (TPSA) is 27.0 Å². The van der Waals surface area contributed by atoms with Crippen LogP contribution in [-0.2, 0) is 6.42 Å². The first-order valence-electron chi connectivity index (χ1n) is 8.77. The Labute approximate surface area is 153 Å². The maximum absolute atomic E-state index is 9.74. The summed E-state index contributed by atoms with van der Waals surface area (Å²) in [6.07, 6.45) is 0.848. The molecule has 0 saturated heterocycles. The highest BCUT2D eigenvalue weighted by Crippen LogP contribution is 2.34. The number of hydrogen-bond acceptors (Lipinski definition) is 2. The summed E-state index contributed by atoms with van der Waals surface area (Å²) in [4.78, 5) is 2.11. The second kappa shape index (κ2) is 6.54. The number of fused-ring (bicyclic) bond motifs is 2. The van der Waals surface area contributed by atoms with E-state index in [1.165, 1.54) is 27.6 Å². The molecular weight excluding hydrogens is 316 g/mol. The molecule has 126 valence electrons. The van der Waals surface area contributed by atoms with E-state index in [1.54, 1.807) is 0 Å². The number of hydrogen-bond donors (Lipinski definition) is 0. The Hall–Kier alpha value is -3.31. The van der Waals surface area contributed by atoms with E-state index in [1.807, 2.05) is 12.1 Å². The summed E-state index contributed by atoms with van der Waals surface area (Å²) in [5.41, 5.74) is 4.52. The minimum absolute atomic E-state index is 0.767. The molecule has 0 spiro atoms. The maximum Gasteiger partial charge on any atom is 0.100 e. The summed E-state index contributed by atoms with van der Waals surface area (Å²) in [7, 11) is 4.10. The highest BCUT2D eigenvalue weighted by Gasteiger charge is 2.13. The fraction of sp³-hybridized carbons (Fsp3) is 0.125. The van der Waals surface area contributed by atoms with Gasteiger partial charge >= 0.3 is 0 Å². The van der Waals surface area contributed by atoms with Gasteiger partial charge in [0.15, 0.2) is 0 Å². The van der Waals surface area contributed by atoms with Gasteiger partial charge in [-0.05, 0) is 40.5 Å². The van der Waals surface area contributed by atoms with Crippen molar-refractivity contribution in [3.05, 3.63) is 89.5 Å². The zero-order valence-corrected chi connectivity index (χ0v) is 15.0. The summed E-state index contributed by atoms with van der Waals surface area (Å²) < 4.78 is 0. The summed E-state index contributed by atoms with van der Waals surface area (Å²) in [6, 6.07) is 27.6. The second-order valence-corrected chi connectivity index (χ2v) is 6.79. The molecular formula is C24H20N2. The third-order valence-electron chi connectivity index (χ3n) is 4.99. The van der Waals surface area contributed by atoms with Crippen LogP contribution in [0.2, 0.25) is 0 Å². The van der Waals surface area contributed by atoms with E-state index in [0.29, 0.717) is 0 Å². The molecule has 0 fully saturated rings. The van der Waals surface area contributed by atoms with Crippen molar-refractivity contribution in [3.63, 3.8) is 0 Å². The average molecular weight is 336 g/mol. The van der Waals surface area contributed by atoms with Crippen LogP contribution in [0.15, 0.2) is 72.8 Å². The van der Waals surface area contributed by atoms with Crippen LogP contribution in [0, 0.1) is 11.3 Å². The smallest absolute Gasteiger partial charge is 0.100 e. The minimum Gasteiger partial charge on any atom is -0.378 e. The molecule has 0 saturated carbocycles. The molecule has 0 bridgehead atoms. The molecule has 0 aliphatic heterocycles. The van der Waals surface area contributed by atoms with Gasteiger partial charge < -0.3 is 4.90 Å². The SMILES string of the molecule is CN(C)c1ccc(Cc2c3ccccc3c(C#N)c3ccccc23)cc1. The first-order valence-corrected chi connectivity index (χ1v) is 8.77. The quantitative estimate of drug-likeness (QED) is 0.460. The lowest BCUT2D eigenvalue weighted by Gasteiger charge is -2.15. The van der Waals surface area contributed by atoms with Gasteiger partial charge in [0, 0.05) is 30.6 Å². The number of benzene rings is 4. The molecule has 0 aromatic heterocycles. The monoisotopic (exact) mass is 336 g/mol. The van der Waals surface area contributed by atoms with E-state index in [4.69, 9.17) is 0 Å². The number of rotatable bonds is 3. The molecule has 0 atom stereocenters. The van der Waals surface area contributed by atoms with Gasteiger partial charge in [0.2, 0.25) is 0 Å². The van der Waals surface area contributed by atoms with Crippen molar-refractivity contribution in [2.24, 2.45) is 0 Å². The van der Waals surface area contributed by atoms with Crippen molar-refractivity contribution in [3.8, 4) is 6.07 Å². The molecule has 2 heteroatoms. The Morgan fingerprint density at radius 1 is 0.731 bits per heavy atom. The molecule has 0 radical (unpaired) electrons. The fourth-order valence-electron chi connectivity index (χ4n) is 3.65. The van der Waals surface area contributed by atoms with Crippen LogP contribution in [0.5, 0.6) is 0 Å². The summed E-state index contributed by atoms with van der Waals surface area (Å²) >= 11 is 0. The van der Waals surface area contributed by atoms with Crippen LogP contribution >= 0.6 is 0 Å². The Kier molecular flexibility index (Phi) is 4.07. The number of nitrogens with zero attached hydrogens (tertiary/aromatic N) is 2. The Bertz CT molecular complexity index is 1080. The number of nitriles is 1. The highest BCUT2D eigenvalue weighted by atomic mass is 15.1. The van der Waals surface area contributed by atoms with Crippen molar-refractivity contribution in [2.45, 2.75) is 6.42 Å². The van der Waals surface area contributed by atoms with E-state index < -0.39 is 0 Å². The zero-order valence-electron chi connectivity index (χ0n) is 15.0. The molecule has 4 aromatic carbocycles. The van der Waals surface area contributed by atoms with Crippen LogP contribution < -0.4 is 4.90 Å². The summed E-state index contributed by atoms with van der Waals surface area (Å²) in [5, 5.41) is 14.1. The van der Waals surface area contributed by atoms with Gasteiger partial charge in [-0.15, -0.1) is 0 Å². The molecule has 0 heterocycles. The van der Waals surface area contributed by atoms with Crippen LogP contribution in [0.3, 0.4) is 0 Å². The van der Waals surface area contributed by atoms with Gasteiger partial charge in [0.05, 0.1) is 5.56 Å². The molecule has 4 aromatic rings.